The number of allylic oxidation sites excluding steroid dienone is 1. The lowest BCUT2D eigenvalue weighted by atomic mass is 9.90. The van der Waals surface area contributed by atoms with Crippen molar-refractivity contribution in [3.8, 4) is 11.1 Å². The molecule has 1 unspecified atom stereocenters. The van der Waals surface area contributed by atoms with Gasteiger partial charge in [-0.25, -0.2) is 0 Å². The Kier molecular flexibility index (Phi) is 5.19. The van der Waals surface area contributed by atoms with Crippen LogP contribution in [0.5, 0.6) is 0 Å². The summed E-state index contributed by atoms with van der Waals surface area (Å²) in [6.07, 6.45) is 6.71. The molecule has 0 bridgehead atoms. The van der Waals surface area contributed by atoms with Crippen molar-refractivity contribution in [3.05, 3.63) is 52.8 Å². The third-order valence-corrected chi connectivity index (χ3v) is 4.75. The fourth-order valence-corrected chi connectivity index (χ4v) is 3.36. The van der Waals surface area contributed by atoms with Gasteiger partial charge in [0, 0.05) is 35.3 Å². The molecule has 1 fully saturated rings. The molecule has 1 aromatic heterocycles. The smallest absolute Gasteiger partial charge is 0.0568 e. The third kappa shape index (κ3) is 4.04. The van der Waals surface area contributed by atoms with Gasteiger partial charge in [-0.1, -0.05) is 35.4 Å². The van der Waals surface area contributed by atoms with Gasteiger partial charge in [-0.3, -0.25) is 10.00 Å². The number of rotatable bonds is 4. The highest BCUT2D eigenvalue weighted by molar-refractivity contribution is 6.30. The molecule has 2 aromatic rings. The fraction of sp³-hybridized carbons (Fsp3) is 0.421. The Morgan fingerprint density at radius 1 is 1.35 bits per heavy atom. The summed E-state index contributed by atoms with van der Waals surface area (Å²) < 4.78 is 0. The number of aromatic nitrogens is 2. The first-order valence-electron chi connectivity index (χ1n) is 8.28. The second-order valence-electron chi connectivity index (χ2n) is 6.58. The molecule has 0 aliphatic carbocycles. The summed E-state index contributed by atoms with van der Waals surface area (Å²) in [7, 11) is 0. The van der Waals surface area contributed by atoms with Crippen LogP contribution in [0.4, 0.5) is 0 Å². The van der Waals surface area contributed by atoms with Gasteiger partial charge in [0.25, 0.3) is 0 Å². The zero-order valence-electron chi connectivity index (χ0n) is 13.8. The van der Waals surface area contributed by atoms with E-state index in [1.165, 1.54) is 41.8 Å². The quantitative estimate of drug-likeness (QED) is 0.811. The first-order chi connectivity index (χ1) is 11.1. The van der Waals surface area contributed by atoms with Gasteiger partial charge in [0.1, 0.15) is 0 Å². The van der Waals surface area contributed by atoms with Crippen LogP contribution in [-0.2, 0) is 0 Å². The van der Waals surface area contributed by atoms with Gasteiger partial charge in [0.2, 0.25) is 0 Å². The topological polar surface area (TPSA) is 31.9 Å². The molecule has 1 N–H and O–H groups in total. The molecule has 0 spiro atoms. The highest BCUT2D eigenvalue weighted by Gasteiger charge is 2.24. The second-order valence-corrected chi connectivity index (χ2v) is 7.02. The van der Waals surface area contributed by atoms with E-state index in [4.69, 9.17) is 11.6 Å². The predicted octanol–water partition coefficient (Wildman–Crippen LogP) is 4.88. The molecule has 3 nitrogen and oxygen atoms in total. The number of likely N-dealkylation sites (tertiary alicyclic amines) is 1. The van der Waals surface area contributed by atoms with Crippen LogP contribution >= 0.6 is 11.6 Å². The molecule has 122 valence electrons. The monoisotopic (exact) mass is 329 g/mol. The van der Waals surface area contributed by atoms with Crippen molar-refractivity contribution >= 4 is 11.6 Å². The van der Waals surface area contributed by atoms with Gasteiger partial charge in [-0.15, -0.1) is 0 Å². The minimum absolute atomic E-state index is 0.516. The third-order valence-electron chi connectivity index (χ3n) is 4.50. The van der Waals surface area contributed by atoms with E-state index in [-0.39, 0.29) is 0 Å². The van der Waals surface area contributed by atoms with E-state index in [1.54, 1.807) is 0 Å². The van der Waals surface area contributed by atoms with Crippen LogP contribution in [0.25, 0.3) is 11.1 Å². The predicted molar refractivity (Wildman–Crippen MR) is 96.9 cm³/mol. The van der Waals surface area contributed by atoms with E-state index in [0.717, 1.165) is 18.1 Å². The molecular formula is C19H24ClN3. The van der Waals surface area contributed by atoms with E-state index in [0.29, 0.717) is 5.92 Å². The number of hydrogen-bond acceptors (Lipinski definition) is 2. The zero-order chi connectivity index (χ0) is 16.2. The molecular weight excluding hydrogens is 306 g/mol. The Morgan fingerprint density at radius 2 is 2.13 bits per heavy atom. The second kappa shape index (κ2) is 7.33. The lowest BCUT2D eigenvalue weighted by molar-refractivity contribution is 0.226. The van der Waals surface area contributed by atoms with Crippen molar-refractivity contribution in [2.24, 2.45) is 0 Å². The minimum atomic E-state index is 0.516. The minimum Gasteiger partial charge on any atom is -0.299 e. The highest BCUT2D eigenvalue weighted by atomic mass is 35.5. The van der Waals surface area contributed by atoms with Gasteiger partial charge < -0.3 is 0 Å². The molecule has 1 aliphatic rings. The average molecular weight is 330 g/mol. The fourth-order valence-electron chi connectivity index (χ4n) is 3.24. The van der Waals surface area contributed by atoms with Gasteiger partial charge in [0.15, 0.2) is 0 Å². The van der Waals surface area contributed by atoms with Crippen molar-refractivity contribution in [2.75, 3.05) is 19.6 Å². The number of piperidine rings is 1. The van der Waals surface area contributed by atoms with Crippen LogP contribution in [0.1, 0.15) is 38.3 Å². The number of H-pyrrole nitrogens is 1. The van der Waals surface area contributed by atoms with E-state index in [2.05, 4.69) is 47.2 Å². The summed E-state index contributed by atoms with van der Waals surface area (Å²) in [6.45, 7) is 7.64. The molecule has 0 amide bonds. The number of halogens is 1. The SMILES string of the molecule is CC(C)=CCN1CCCC(c2[nH]ncc2-c2ccc(Cl)cc2)C1. The summed E-state index contributed by atoms with van der Waals surface area (Å²) in [6, 6.07) is 8.02. The number of benzene rings is 1. The molecule has 1 aliphatic heterocycles. The molecule has 0 radical (unpaired) electrons. The van der Waals surface area contributed by atoms with Gasteiger partial charge in [0.05, 0.1) is 6.20 Å². The first-order valence-corrected chi connectivity index (χ1v) is 8.66. The van der Waals surface area contributed by atoms with Crippen LogP contribution in [0.3, 0.4) is 0 Å². The normalized spacial score (nSPS) is 18.8. The number of nitrogens with zero attached hydrogens (tertiary/aromatic N) is 2. The van der Waals surface area contributed by atoms with Crippen molar-refractivity contribution in [3.63, 3.8) is 0 Å². The van der Waals surface area contributed by atoms with E-state index in [1.807, 2.05) is 18.3 Å². The summed E-state index contributed by atoms with van der Waals surface area (Å²) in [5, 5.41) is 8.32. The Labute approximate surface area is 143 Å². The number of aromatic amines is 1. The lowest BCUT2D eigenvalue weighted by Crippen LogP contribution is -2.34. The van der Waals surface area contributed by atoms with E-state index >= 15 is 0 Å². The molecule has 1 saturated heterocycles. The molecule has 0 saturated carbocycles. The summed E-state index contributed by atoms with van der Waals surface area (Å²) in [5.41, 5.74) is 5.03. The molecule has 1 aromatic carbocycles. The Morgan fingerprint density at radius 3 is 2.87 bits per heavy atom. The van der Waals surface area contributed by atoms with Crippen molar-refractivity contribution in [2.45, 2.75) is 32.6 Å². The zero-order valence-corrected chi connectivity index (χ0v) is 14.6. The average Bonchev–Trinajstić information content (AvgIpc) is 3.03. The molecule has 3 rings (SSSR count). The van der Waals surface area contributed by atoms with E-state index in [9.17, 15) is 0 Å². The highest BCUT2D eigenvalue weighted by Crippen LogP contribution is 2.33. The van der Waals surface area contributed by atoms with Crippen LogP contribution < -0.4 is 0 Å². The van der Waals surface area contributed by atoms with Crippen molar-refractivity contribution in [1.29, 1.82) is 0 Å². The van der Waals surface area contributed by atoms with Gasteiger partial charge in [-0.05, 0) is 50.9 Å². The van der Waals surface area contributed by atoms with Crippen LogP contribution in [0.15, 0.2) is 42.1 Å². The van der Waals surface area contributed by atoms with E-state index < -0.39 is 0 Å². The van der Waals surface area contributed by atoms with Gasteiger partial charge in [-0.2, -0.15) is 5.10 Å². The lowest BCUT2D eigenvalue weighted by Gasteiger charge is -2.32. The Bertz CT molecular complexity index is 668. The Balaban J connectivity index is 1.78. The molecule has 1 atom stereocenters. The maximum Gasteiger partial charge on any atom is 0.0568 e. The Hall–Kier alpha value is -1.58. The maximum absolute atomic E-state index is 6.01. The largest absolute Gasteiger partial charge is 0.299 e. The van der Waals surface area contributed by atoms with Crippen molar-refractivity contribution in [1.82, 2.24) is 15.1 Å². The van der Waals surface area contributed by atoms with Crippen LogP contribution in [0.2, 0.25) is 5.02 Å². The molecule has 4 heteroatoms. The van der Waals surface area contributed by atoms with Crippen LogP contribution in [-0.4, -0.2) is 34.7 Å². The summed E-state index contributed by atoms with van der Waals surface area (Å²) in [4.78, 5) is 2.54. The first kappa shape index (κ1) is 16.3. The number of hydrogen-bond donors (Lipinski definition) is 1. The van der Waals surface area contributed by atoms with Crippen molar-refractivity contribution < 1.29 is 0 Å². The summed E-state index contributed by atoms with van der Waals surface area (Å²) >= 11 is 6.01. The maximum atomic E-state index is 6.01. The van der Waals surface area contributed by atoms with Gasteiger partial charge >= 0.3 is 0 Å². The standard InChI is InChI=1S/C19H24ClN3/c1-14(2)9-11-23-10-3-4-16(13-23)19-18(12-21-22-19)15-5-7-17(20)8-6-15/h5-9,12,16H,3-4,10-11,13H2,1-2H3,(H,21,22). The van der Waals surface area contributed by atoms with Crippen LogP contribution in [0, 0.1) is 0 Å². The molecule has 23 heavy (non-hydrogen) atoms. The molecule has 2 heterocycles. The number of nitrogens with one attached hydrogen (secondary N) is 1. The summed E-state index contributed by atoms with van der Waals surface area (Å²) in [5.74, 6) is 0.516.